The molecular weight excluding hydrogens is 328 g/mol. The molecule has 0 saturated carbocycles. The molecule has 0 radical (unpaired) electrons. The summed E-state index contributed by atoms with van der Waals surface area (Å²) in [6.07, 6.45) is 0.901. The van der Waals surface area contributed by atoms with E-state index in [2.05, 4.69) is 11.4 Å². The second-order valence-corrected chi connectivity index (χ2v) is 6.26. The van der Waals surface area contributed by atoms with Gasteiger partial charge in [0.1, 0.15) is 17.5 Å². The zero-order valence-electron chi connectivity index (χ0n) is 15.6. The van der Waals surface area contributed by atoms with Gasteiger partial charge in [-0.05, 0) is 51.0 Å². The van der Waals surface area contributed by atoms with Crippen LogP contribution in [0.25, 0.3) is 0 Å². The second-order valence-electron chi connectivity index (χ2n) is 6.26. The molecule has 26 heavy (non-hydrogen) atoms. The Hall–Kier alpha value is -2.69. The maximum Gasteiger partial charge on any atom is 0.249 e. The van der Waals surface area contributed by atoms with E-state index in [9.17, 15) is 4.79 Å². The average Bonchev–Trinajstić information content (AvgIpc) is 3.07. The first kappa shape index (κ1) is 18.1. The predicted molar refractivity (Wildman–Crippen MR) is 104 cm³/mol. The van der Waals surface area contributed by atoms with Crippen molar-refractivity contribution < 1.29 is 14.3 Å². The zero-order valence-corrected chi connectivity index (χ0v) is 15.6. The highest BCUT2D eigenvalue weighted by Gasteiger charge is 2.28. The smallest absolute Gasteiger partial charge is 0.249 e. The Morgan fingerprint density at radius 2 is 1.92 bits per heavy atom. The minimum Gasteiger partial charge on any atom is -0.494 e. The lowest BCUT2D eigenvalue weighted by Crippen LogP contribution is -2.40. The lowest BCUT2D eigenvalue weighted by molar-refractivity contribution is -0.118. The Balaban J connectivity index is 1.78. The minimum atomic E-state index is -0.378. The van der Waals surface area contributed by atoms with Crippen LogP contribution in [0.4, 0.5) is 11.4 Å². The molecule has 0 fully saturated rings. The molecule has 1 atom stereocenters. The molecule has 2 aromatic carbocycles. The first-order valence-electron chi connectivity index (χ1n) is 9.19. The number of rotatable bonds is 7. The number of hydrogen-bond acceptors (Lipinski definition) is 4. The normalized spacial score (nSPS) is 13.9. The van der Waals surface area contributed by atoms with Crippen LogP contribution in [-0.4, -0.2) is 31.7 Å². The minimum absolute atomic E-state index is 0.0548. The van der Waals surface area contributed by atoms with Crippen LogP contribution in [0.15, 0.2) is 42.5 Å². The van der Waals surface area contributed by atoms with Gasteiger partial charge in [0, 0.05) is 18.3 Å². The number of benzene rings is 2. The zero-order chi connectivity index (χ0) is 18.5. The van der Waals surface area contributed by atoms with Crippen LogP contribution < -0.4 is 19.7 Å². The lowest BCUT2D eigenvalue weighted by Gasteiger charge is -2.24. The molecule has 1 aliphatic rings. The summed E-state index contributed by atoms with van der Waals surface area (Å²) in [7, 11) is 0. The van der Waals surface area contributed by atoms with Crippen molar-refractivity contribution in [2.75, 3.05) is 30.0 Å². The van der Waals surface area contributed by atoms with Gasteiger partial charge in [0.2, 0.25) is 5.91 Å². The van der Waals surface area contributed by atoms with Gasteiger partial charge in [-0.1, -0.05) is 18.2 Å². The maximum atomic E-state index is 13.0. The predicted octanol–water partition coefficient (Wildman–Crippen LogP) is 3.87. The molecule has 0 bridgehead atoms. The number of para-hydroxylation sites is 1. The highest BCUT2D eigenvalue weighted by molar-refractivity contribution is 6.00. The molecule has 1 aliphatic heterocycles. The van der Waals surface area contributed by atoms with Crippen molar-refractivity contribution in [3.05, 3.63) is 48.0 Å². The van der Waals surface area contributed by atoms with Crippen LogP contribution in [0.3, 0.4) is 0 Å². The number of nitrogens with zero attached hydrogens (tertiary/aromatic N) is 1. The summed E-state index contributed by atoms with van der Waals surface area (Å²) in [5.41, 5.74) is 3.01. The molecule has 138 valence electrons. The monoisotopic (exact) mass is 354 g/mol. The maximum absolute atomic E-state index is 13.0. The fourth-order valence-electron chi connectivity index (χ4n) is 3.26. The summed E-state index contributed by atoms with van der Waals surface area (Å²) >= 11 is 0. The van der Waals surface area contributed by atoms with Crippen molar-refractivity contribution in [1.29, 1.82) is 0 Å². The van der Waals surface area contributed by atoms with Crippen molar-refractivity contribution in [3.63, 3.8) is 0 Å². The number of fused-ring (bicyclic) bond motifs is 1. The van der Waals surface area contributed by atoms with Crippen molar-refractivity contribution in [2.45, 2.75) is 33.2 Å². The van der Waals surface area contributed by atoms with E-state index in [0.717, 1.165) is 35.8 Å². The number of anilines is 2. The average molecular weight is 354 g/mol. The topological polar surface area (TPSA) is 50.8 Å². The molecule has 1 N–H and O–H groups in total. The number of amides is 1. The van der Waals surface area contributed by atoms with Gasteiger partial charge in [0.05, 0.1) is 18.9 Å². The molecule has 0 saturated heterocycles. The molecule has 1 heterocycles. The largest absolute Gasteiger partial charge is 0.494 e. The van der Waals surface area contributed by atoms with Gasteiger partial charge in [-0.2, -0.15) is 0 Å². The van der Waals surface area contributed by atoms with Gasteiger partial charge < -0.3 is 19.7 Å². The van der Waals surface area contributed by atoms with Crippen LogP contribution >= 0.6 is 0 Å². The Bertz CT molecular complexity index is 776. The molecule has 1 amide bonds. The second kappa shape index (κ2) is 8.13. The van der Waals surface area contributed by atoms with Gasteiger partial charge >= 0.3 is 0 Å². The van der Waals surface area contributed by atoms with E-state index in [4.69, 9.17) is 9.47 Å². The molecule has 0 spiro atoms. The summed E-state index contributed by atoms with van der Waals surface area (Å²) in [6, 6.07) is 13.3. The summed E-state index contributed by atoms with van der Waals surface area (Å²) in [5, 5.41) is 3.31. The first-order valence-corrected chi connectivity index (χ1v) is 9.19. The molecule has 1 unspecified atom stereocenters. The van der Waals surface area contributed by atoms with E-state index >= 15 is 0 Å². The fraction of sp³-hybridized carbons (Fsp3) is 0.381. The standard InChI is InChI=1S/C21H26N2O3/c1-4-25-17-10-11-20(26-5-2)18(14-17)22-15(3)21(24)23-13-12-16-8-6-7-9-19(16)23/h6-11,14-15,22H,4-5,12-13H2,1-3H3. The van der Waals surface area contributed by atoms with E-state index in [1.807, 2.05) is 62.1 Å². The summed E-state index contributed by atoms with van der Waals surface area (Å²) in [4.78, 5) is 14.8. The summed E-state index contributed by atoms with van der Waals surface area (Å²) in [5.74, 6) is 1.53. The van der Waals surface area contributed by atoms with Crippen molar-refractivity contribution in [3.8, 4) is 11.5 Å². The Morgan fingerprint density at radius 3 is 2.69 bits per heavy atom. The SMILES string of the molecule is CCOc1ccc(OCC)c(NC(C)C(=O)N2CCc3ccccc32)c1. The van der Waals surface area contributed by atoms with Crippen LogP contribution in [0, 0.1) is 0 Å². The van der Waals surface area contributed by atoms with Crippen molar-refractivity contribution in [2.24, 2.45) is 0 Å². The Morgan fingerprint density at radius 1 is 1.15 bits per heavy atom. The number of ether oxygens (including phenoxy) is 2. The van der Waals surface area contributed by atoms with Gasteiger partial charge in [0.15, 0.2) is 0 Å². The molecule has 2 aromatic rings. The van der Waals surface area contributed by atoms with E-state index in [-0.39, 0.29) is 11.9 Å². The molecule has 0 aliphatic carbocycles. The quantitative estimate of drug-likeness (QED) is 0.820. The van der Waals surface area contributed by atoms with E-state index in [0.29, 0.717) is 13.2 Å². The van der Waals surface area contributed by atoms with Crippen LogP contribution in [0.1, 0.15) is 26.3 Å². The third kappa shape index (κ3) is 3.77. The van der Waals surface area contributed by atoms with Crippen LogP contribution in [0.2, 0.25) is 0 Å². The van der Waals surface area contributed by atoms with Crippen molar-refractivity contribution in [1.82, 2.24) is 0 Å². The highest BCUT2D eigenvalue weighted by Crippen LogP contribution is 2.32. The van der Waals surface area contributed by atoms with Gasteiger partial charge in [-0.15, -0.1) is 0 Å². The van der Waals surface area contributed by atoms with E-state index in [1.54, 1.807) is 0 Å². The Kier molecular flexibility index (Phi) is 5.66. The van der Waals surface area contributed by atoms with E-state index < -0.39 is 0 Å². The third-order valence-corrected chi connectivity index (χ3v) is 4.46. The molecule has 0 aromatic heterocycles. The fourth-order valence-corrected chi connectivity index (χ4v) is 3.26. The van der Waals surface area contributed by atoms with Crippen molar-refractivity contribution >= 4 is 17.3 Å². The summed E-state index contributed by atoms with van der Waals surface area (Å²) in [6.45, 7) is 7.64. The third-order valence-electron chi connectivity index (χ3n) is 4.46. The van der Waals surface area contributed by atoms with Gasteiger partial charge in [0.25, 0.3) is 0 Å². The van der Waals surface area contributed by atoms with Crippen LogP contribution in [0.5, 0.6) is 11.5 Å². The van der Waals surface area contributed by atoms with Crippen LogP contribution in [-0.2, 0) is 11.2 Å². The lowest BCUT2D eigenvalue weighted by atomic mass is 10.2. The summed E-state index contributed by atoms with van der Waals surface area (Å²) < 4.78 is 11.3. The molecule has 5 heteroatoms. The first-order chi connectivity index (χ1) is 12.6. The molecular formula is C21H26N2O3. The van der Waals surface area contributed by atoms with Gasteiger partial charge in [-0.25, -0.2) is 0 Å². The number of nitrogens with one attached hydrogen (secondary N) is 1. The number of hydrogen-bond donors (Lipinski definition) is 1. The Labute approximate surface area is 154 Å². The molecule has 5 nitrogen and oxygen atoms in total. The number of carbonyl (C=O) groups is 1. The highest BCUT2D eigenvalue weighted by atomic mass is 16.5. The molecule has 3 rings (SSSR count). The number of carbonyl (C=O) groups excluding carboxylic acids is 1. The van der Waals surface area contributed by atoms with E-state index in [1.165, 1.54) is 5.56 Å². The van der Waals surface area contributed by atoms with Gasteiger partial charge in [-0.3, -0.25) is 4.79 Å².